The molecule has 0 rings (SSSR count). The zero-order valence-electron chi connectivity index (χ0n) is 3.99. The Morgan fingerprint density at radius 2 is 2.00 bits per heavy atom. The number of carbonyl (C=O) groups excluding carboxylic acids is 1. The summed E-state index contributed by atoms with van der Waals surface area (Å²) in [4.78, 5) is 9.96. The molecule has 6 heavy (non-hydrogen) atoms. The minimum atomic E-state index is -0.537. The van der Waals surface area contributed by atoms with E-state index in [0.717, 1.165) is 0 Å². The van der Waals surface area contributed by atoms with Crippen LogP contribution in [0.4, 0.5) is 0 Å². The average molecular weight is 86.1 g/mol. The smallest absolute Gasteiger partial charge is 0.147 e. The van der Waals surface area contributed by atoms with Gasteiger partial charge >= 0.3 is 0 Å². The number of rotatable bonds is 1. The molecular weight excluding hydrogens is 78.0 g/mol. The third-order valence-corrected chi connectivity index (χ3v) is 0.610. The molecule has 0 bridgehead atoms. The van der Waals surface area contributed by atoms with Crippen molar-refractivity contribution < 1.29 is 4.79 Å². The van der Waals surface area contributed by atoms with Gasteiger partial charge in [-0.15, -0.1) is 0 Å². The molecule has 0 saturated carbocycles. The third kappa shape index (κ3) is 1.91. The normalized spacial score (nSPS) is 13.8. The largest absolute Gasteiger partial charge is 0.298 e. The van der Waals surface area contributed by atoms with Gasteiger partial charge in [-0.3, -0.25) is 4.79 Å². The van der Waals surface area contributed by atoms with Crippen molar-refractivity contribution in [2.75, 3.05) is 0 Å². The molecule has 0 aliphatic heterocycles. The predicted molar refractivity (Wildman–Crippen MR) is 23.2 cm³/mol. The van der Waals surface area contributed by atoms with E-state index in [-0.39, 0.29) is 5.78 Å². The molecule has 1 unspecified atom stereocenters. The maximum Gasteiger partial charge on any atom is 0.147 e. The summed E-state index contributed by atoms with van der Waals surface area (Å²) in [6.45, 7) is 2.97. The van der Waals surface area contributed by atoms with Gasteiger partial charge in [0.2, 0.25) is 0 Å². The lowest BCUT2D eigenvalue weighted by Gasteiger charge is -1.90. The molecule has 1 atom stereocenters. The van der Waals surface area contributed by atoms with Gasteiger partial charge < -0.3 is 0 Å². The summed E-state index contributed by atoms with van der Waals surface area (Å²) >= 11 is 0. The Morgan fingerprint density at radius 3 is 2.00 bits per heavy atom. The fourth-order valence-corrected chi connectivity index (χ4v) is 0. The topological polar surface area (TPSA) is 40.9 Å². The Kier molecular flexibility index (Phi) is 1.81. The lowest BCUT2D eigenvalue weighted by molar-refractivity contribution is -0.118. The molecule has 35 valence electrons. The summed E-state index contributed by atoms with van der Waals surface area (Å²) in [5.74, 6) is -0.0741. The molecule has 1 radical (unpaired) electrons. The minimum Gasteiger partial charge on any atom is -0.298 e. The summed E-state index contributed by atoms with van der Waals surface area (Å²) in [6.07, 6.45) is 0. The SMILES string of the molecule is CC(=O)C(C)[NH]. The molecule has 0 heterocycles. The zero-order valence-corrected chi connectivity index (χ0v) is 3.99. The fourth-order valence-electron chi connectivity index (χ4n) is 0. The second-order valence-corrected chi connectivity index (χ2v) is 1.33. The molecule has 0 fully saturated rings. The average Bonchev–Trinajstić information content (AvgIpc) is 1.36. The molecule has 0 aromatic rings. The van der Waals surface area contributed by atoms with E-state index in [0.29, 0.717) is 0 Å². The number of carbonyl (C=O) groups is 1. The molecule has 0 aromatic carbocycles. The highest BCUT2D eigenvalue weighted by atomic mass is 16.1. The first-order chi connectivity index (χ1) is 2.64. The number of hydrogen-bond donors (Lipinski definition) is 0. The zero-order chi connectivity index (χ0) is 5.15. The summed E-state index contributed by atoms with van der Waals surface area (Å²) < 4.78 is 0. The first kappa shape index (κ1) is 5.63. The standard InChI is InChI=1S/C4H8NO/c1-3(5)4(2)6/h3,5H,1-2H3. The highest BCUT2D eigenvalue weighted by Gasteiger charge is 1.96. The van der Waals surface area contributed by atoms with E-state index in [1.165, 1.54) is 6.92 Å². The van der Waals surface area contributed by atoms with E-state index in [9.17, 15) is 4.79 Å². The molecule has 0 aromatic heterocycles. The van der Waals surface area contributed by atoms with E-state index < -0.39 is 6.04 Å². The van der Waals surface area contributed by atoms with Gasteiger partial charge in [-0.1, -0.05) is 0 Å². The van der Waals surface area contributed by atoms with Crippen LogP contribution < -0.4 is 5.73 Å². The lowest BCUT2D eigenvalue weighted by Crippen LogP contribution is -2.12. The van der Waals surface area contributed by atoms with E-state index in [2.05, 4.69) is 0 Å². The maximum atomic E-state index is 9.96. The van der Waals surface area contributed by atoms with Crippen LogP contribution in [0.3, 0.4) is 0 Å². The van der Waals surface area contributed by atoms with Crippen LogP contribution in [0.2, 0.25) is 0 Å². The van der Waals surface area contributed by atoms with Crippen molar-refractivity contribution >= 4 is 5.78 Å². The van der Waals surface area contributed by atoms with Gasteiger partial charge in [-0.25, -0.2) is 5.73 Å². The van der Waals surface area contributed by atoms with Crippen molar-refractivity contribution in [1.29, 1.82) is 0 Å². The molecule has 0 amide bonds. The molecule has 0 aliphatic rings. The van der Waals surface area contributed by atoms with Crippen molar-refractivity contribution in [2.45, 2.75) is 19.9 Å². The van der Waals surface area contributed by atoms with Crippen LogP contribution in [0.1, 0.15) is 13.8 Å². The molecule has 1 N–H and O–H groups in total. The van der Waals surface area contributed by atoms with Crippen LogP contribution in [0.25, 0.3) is 0 Å². The first-order valence-electron chi connectivity index (χ1n) is 1.86. The van der Waals surface area contributed by atoms with Crippen LogP contribution >= 0.6 is 0 Å². The summed E-state index contributed by atoms with van der Waals surface area (Å²) in [5.41, 5.74) is 6.68. The van der Waals surface area contributed by atoms with Crippen molar-refractivity contribution in [2.24, 2.45) is 0 Å². The summed E-state index contributed by atoms with van der Waals surface area (Å²) in [7, 11) is 0. The number of Topliss-reactive ketones (excluding diaryl/α,β-unsaturated/α-hetero) is 1. The van der Waals surface area contributed by atoms with Crippen LogP contribution in [-0.4, -0.2) is 11.8 Å². The fraction of sp³-hybridized carbons (Fsp3) is 0.750. The van der Waals surface area contributed by atoms with E-state index in [1.807, 2.05) is 0 Å². The van der Waals surface area contributed by atoms with Crippen molar-refractivity contribution in [3.05, 3.63) is 0 Å². The Labute approximate surface area is 37.3 Å². The second kappa shape index (κ2) is 1.92. The monoisotopic (exact) mass is 86.1 g/mol. The highest BCUT2D eigenvalue weighted by molar-refractivity contribution is 5.80. The Hall–Kier alpha value is -0.370. The molecule has 0 saturated heterocycles. The number of nitrogens with one attached hydrogen (secondary N) is 1. The predicted octanol–water partition coefficient (Wildman–Crippen LogP) is 0.247. The first-order valence-corrected chi connectivity index (χ1v) is 1.86. The maximum absolute atomic E-state index is 9.96. The van der Waals surface area contributed by atoms with Crippen LogP contribution in [0, 0.1) is 0 Å². The van der Waals surface area contributed by atoms with Crippen LogP contribution in [-0.2, 0) is 4.79 Å². The van der Waals surface area contributed by atoms with Crippen LogP contribution in [0.5, 0.6) is 0 Å². The van der Waals surface area contributed by atoms with Gasteiger partial charge in [0.05, 0.1) is 6.04 Å². The van der Waals surface area contributed by atoms with Gasteiger partial charge in [0.1, 0.15) is 5.78 Å². The van der Waals surface area contributed by atoms with Gasteiger partial charge in [0.15, 0.2) is 0 Å². The third-order valence-electron chi connectivity index (χ3n) is 0.610. The molecule has 0 spiro atoms. The highest BCUT2D eigenvalue weighted by Crippen LogP contribution is 1.75. The van der Waals surface area contributed by atoms with Gasteiger partial charge in [0.25, 0.3) is 0 Å². The van der Waals surface area contributed by atoms with E-state index in [1.54, 1.807) is 6.92 Å². The van der Waals surface area contributed by atoms with Gasteiger partial charge in [-0.05, 0) is 13.8 Å². The van der Waals surface area contributed by atoms with Crippen LogP contribution in [0.15, 0.2) is 0 Å². The van der Waals surface area contributed by atoms with Crippen molar-refractivity contribution in [3.8, 4) is 0 Å². The Balaban J connectivity index is 3.26. The second-order valence-electron chi connectivity index (χ2n) is 1.33. The van der Waals surface area contributed by atoms with Gasteiger partial charge in [-0.2, -0.15) is 0 Å². The number of ketones is 1. The van der Waals surface area contributed by atoms with E-state index >= 15 is 0 Å². The van der Waals surface area contributed by atoms with E-state index in [4.69, 9.17) is 5.73 Å². The molecule has 0 aliphatic carbocycles. The minimum absolute atomic E-state index is 0.0741. The number of hydrogen-bond acceptors (Lipinski definition) is 1. The van der Waals surface area contributed by atoms with Crippen molar-refractivity contribution in [1.82, 2.24) is 5.73 Å². The quantitative estimate of drug-likeness (QED) is 0.451. The lowest BCUT2D eigenvalue weighted by atomic mass is 10.3. The molecule has 2 nitrogen and oxygen atoms in total. The summed E-state index contributed by atoms with van der Waals surface area (Å²) in [6, 6.07) is -0.537. The van der Waals surface area contributed by atoms with Crippen molar-refractivity contribution in [3.63, 3.8) is 0 Å². The van der Waals surface area contributed by atoms with Gasteiger partial charge in [0, 0.05) is 0 Å². The molecular formula is C4H8NO. The molecule has 2 heteroatoms. The summed E-state index contributed by atoms with van der Waals surface area (Å²) in [5, 5.41) is 0. The Morgan fingerprint density at radius 1 is 1.83 bits per heavy atom. The Bertz CT molecular complexity index is 58.6.